The van der Waals surface area contributed by atoms with Gasteiger partial charge in [-0.2, -0.15) is 18.4 Å². The number of nitriles is 1. The summed E-state index contributed by atoms with van der Waals surface area (Å²) in [5.41, 5.74) is 0.404. The van der Waals surface area contributed by atoms with Crippen LogP contribution in [0.2, 0.25) is 0 Å². The van der Waals surface area contributed by atoms with E-state index in [1.807, 2.05) is 0 Å². The largest absolute Gasteiger partial charge is 0.393 e. The lowest BCUT2D eigenvalue weighted by Crippen LogP contribution is -2.46. The highest BCUT2D eigenvalue weighted by atomic mass is 19.4. The summed E-state index contributed by atoms with van der Waals surface area (Å²) in [5.74, 6) is -2.19. The zero-order chi connectivity index (χ0) is 23.6. The number of ketones is 1. The molecule has 2 aromatic rings. The first-order valence-electron chi connectivity index (χ1n) is 11.5. The predicted molar refractivity (Wildman–Crippen MR) is 119 cm³/mol. The Morgan fingerprint density at radius 3 is 2.67 bits per heavy atom. The molecule has 0 spiro atoms. The zero-order valence-corrected chi connectivity index (χ0v) is 18.4. The summed E-state index contributed by atoms with van der Waals surface area (Å²) in [5, 5.41) is 20.7. The van der Waals surface area contributed by atoms with Gasteiger partial charge in [-0.3, -0.25) is 9.78 Å². The maximum Gasteiger partial charge on any atom is 0.393 e. The van der Waals surface area contributed by atoms with Crippen molar-refractivity contribution in [2.24, 2.45) is 11.8 Å². The monoisotopic (exact) mass is 459 g/mol. The number of fused-ring (bicyclic) bond motifs is 1. The lowest BCUT2D eigenvalue weighted by molar-refractivity contribution is -0.180. The SMILES string of the molecule is N#Cc1ccc(N2CC(CC(=O)CC3(O)CCCCC3)CC(C(F)(F)F)C2)c2cccnc12. The molecule has 4 rings (SSSR count). The van der Waals surface area contributed by atoms with E-state index in [0.717, 1.165) is 19.3 Å². The molecule has 2 fully saturated rings. The van der Waals surface area contributed by atoms with E-state index in [0.29, 0.717) is 41.5 Å². The number of hydrogen-bond donors (Lipinski definition) is 1. The van der Waals surface area contributed by atoms with Gasteiger partial charge in [0.1, 0.15) is 11.9 Å². The number of piperidine rings is 1. The van der Waals surface area contributed by atoms with E-state index in [1.165, 1.54) is 0 Å². The van der Waals surface area contributed by atoms with Gasteiger partial charge in [-0.05, 0) is 49.4 Å². The van der Waals surface area contributed by atoms with Crippen LogP contribution in [-0.2, 0) is 4.79 Å². The maximum absolute atomic E-state index is 13.8. The van der Waals surface area contributed by atoms with Crippen LogP contribution in [0.5, 0.6) is 0 Å². The molecule has 0 bridgehead atoms. The van der Waals surface area contributed by atoms with Crippen LogP contribution in [0.15, 0.2) is 30.5 Å². The highest BCUT2D eigenvalue weighted by molar-refractivity contribution is 5.95. The van der Waals surface area contributed by atoms with Gasteiger partial charge in [0.15, 0.2) is 0 Å². The molecule has 0 amide bonds. The van der Waals surface area contributed by atoms with Crippen molar-refractivity contribution in [2.75, 3.05) is 18.0 Å². The van der Waals surface area contributed by atoms with E-state index in [9.17, 15) is 28.3 Å². The summed E-state index contributed by atoms with van der Waals surface area (Å²) in [6.07, 6.45) is 1.05. The Kier molecular flexibility index (Phi) is 6.62. The minimum Gasteiger partial charge on any atom is -0.389 e. The van der Waals surface area contributed by atoms with Gasteiger partial charge in [-0.1, -0.05) is 19.3 Å². The number of Topliss-reactive ketones (excluding diaryl/α,β-unsaturated/α-hetero) is 1. The zero-order valence-electron chi connectivity index (χ0n) is 18.4. The van der Waals surface area contributed by atoms with Crippen LogP contribution in [0.25, 0.3) is 10.9 Å². The molecule has 176 valence electrons. The summed E-state index contributed by atoms with van der Waals surface area (Å²) in [7, 11) is 0. The number of nitrogens with zero attached hydrogens (tertiary/aromatic N) is 3. The van der Waals surface area contributed by atoms with Crippen LogP contribution in [0, 0.1) is 23.2 Å². The van der Waals surface area contributed by atoms with E-state index >= 15 is 0 Å². The molecule has 8 heteroatoms. The van der Waals surface area contributed by atoms with E-state index in [2.05, 4.69) is 11.1 Å². The molecule has 33 heavy (non-hydrogen) atoms. The fraction of sp³-hybridized carbons (Fsp3) is 0.560. The van der Waals surface area contributed by atoms with Crippen molar-refractivity contribution in [3.8, 4) is 6.07 Å². The first-order chi connectivity index (χ1) is 15.7. The molecule has 5 nitrogen and oxygen atoms in total. The summed E-state index contributed by atoms with van der Waals surface area (Å²) in [6.45, 7) is 0.112. The first kappa shape index (κ1) is 23.5. The topological polar surface area (TPSA) is 77.2 Å². The van der Waals surface area contributed by atoms with Crippen LogP contribution in [0.4, 0.5) is 18.9 Å². The van der Waals surface area contributed by atoms with Crippen molar-refractivity contribution in [3.63, 3.8) is 0 Å². The fourth-order valence-corrected chi connectivity index (χ4v) is 5.46. The number of carbonyl (C=O) groups is 1. The van der Waals surface area contributed by atoms with Gasteiger partial charge in [0.25, 0.3) is 0 Å². The van der Waals surface area contributed by atoms with Crippen LogP contribution >= 0.6 is 0 Å². The summed E-state index contributed by atoms with van der Waals surface area (Å²) < 4.78 is 41.4. The lowest BCUT2D eigenvalue weighted by Gasteiger charge is -2.40. The molecule has 1 saturated heterocycles. The third kappa shape index (κ3) is 5.30. The Hall–Kier alpha value is -2.66. The number of alkyl halides is 3. The molecule has 2 unspecified atom stereocenters. The Labute approximate surface area is 191 Å². The minimum atomic E-state index is -4.37. The second-order valence-corrected chi connectivity index (χ2v) is 9.59. The van der Waals surface area contributed by atoms with Gasteiger partial charge in [0.2, 0.25) is 0 Å². The fourth-order valence-electron chi connectivity index (χ4n) is 5.46. The average molecular weight is 460 g/mol. The molecule has 0 radical (unpaired) electrons. The van der Waals surface area contributed by atoms with E-state index < -0.39 is 23.6 Å². The number of pyridine rings is 1. The maximum atomic E-state index is 13.8. The molecule has 1 aromatic heterocycles. The van der Waals surface area contributed by atoms with Crippen molar-refractivity contribution >= 4 is 22.4 Å². The Bertz CT molecular complexity index is 1060. The van der Waals surface area contributed by atoms with Gasteiger partial charge < -0.3 is 10.0 Å². The Balaban J connectivity index is 1.58. The number of anilines is 1. The number of rotatable bonds is 5. The molecule has 1 aliphatic heterocycles. The number of aliphatic hydroxyl groups is 1. The molecule has 1 aliphatic carbocycles. The summed E-state index contributed by atoms with van der Waals surface area (Å²) >= 11 is 0. The predicted octanol–water partition coefficient (Wildman–Crippen LogP) is 5.16. The highest BCUT2D eigenvalue weighted by Crippen LogP contribution is 2.40. The second kappa shape index (κ2) is 9.30. The molecular formula is C25H28F3N3O2. The normalized spacial score (nSPS) is 23.3. The van der Waals surface area contributed by atoms with Crippen LogP contribution < -0.4 is 4.90 Å². The smallest absolute Gasteiger partial charge is 0.389 e. The number of benzene rings is 1. The quantitative estimate of drug-likeness (QED) is 0.669. The highest BCUT2D eigenvalue weighted by Gasteiger charge is 2.45. The van der Waals surface area contributed by atoms with Gasteiger partial charge in [-0.15, -0.1) is 0 Å². The van der Waals surface area contributed by atoms with E-state index in [-0.39, 0.29) is 31.6 Å². The number of aromatic nitrogens is 1. The third-order valence-corrected chi connectivity index (χ3v) is 7.03. The van der Waals surface area contributed by atoms with Crippen LogP contribution in [0.3, 0.4) is 0 Å². The molecule has 2 aliphatic rings. The number of hydrogen-bond acceptors (Lipinski definition) is 5. The van der Waals surface area contributed by atoms with E-state index in [1.54, 1.807) is 35.4 Å². The summed E-state index contributed by atoms with van der Waals surface area (Å²) in [4.78, 5) is 18.7. The summed E-state index contributed by atoms with van der Waals surface area (Å²) in [6, 6.07) is 8.79. The first-order valence-corrected chi connectivity index (χ1v) is 11.5. The second-order valence-electron chi connectivity index (χ2n) is 9.59. The van der Waals surface area contributed by atoms with Gasteiger partial charge in [0, 0.05) is 43.2 Å². The van der Waals surface area contributed by atoms with Crippen molar-refractivity contribution in [3.05, 3.63) is 36.0 Å². The average Bonchev–Trinajstić information content (AvgIpc) is 2.77. The molecule has 2 atom stereocenters. The minimum absolute atomic E-state index is 0.0178. The molecule has 1 N–H and O–H groups in total. The van der Waals surface area contributed by atoms with Gasteiger partial charge >= 0.3 is 6.18 Å². The van der Waals surface area contributed by atoms with Crippen LogP contribution in [-0.4, -0.2) is 40.7 Å². The number of carbonyl (C=O) groups excluding carboxylic acids is 1. The third-order valence-electron chi connectivity index (χ3n) is 7.03. The number of halogens is 3. The van der Waals surface area contributed by atoms with Crippen molar-refractivity contribution in [1.29, 1.82) is 5.26 Å². The molecule has 1 saturated carbocycles. The van der Waals surface area contributed by atoms with E-state index in [4.69, 9.17) is 0 Å². The Morgan fingerprint density at radius 2 is 1.97 bits per heavy atom. The molecule has 2 heterocycles. The van der Waals surface area contributed by atoms with Crippen molar-refractivity contribution in [1.82, 2.24) is 4.98 Å². The molecule has 1 aromatic carbocycles. The van der Waals surface area contributed by atoms with Crippen LogP contribution in [0.1, 0.15) is 56.9 Å². The van der Waals surface area contributed by atoms with Gasteiger partial charge in [-0.25, -0.2) is 0 Å². The van der Waals surface area contributed by atoms with Gasteiger partial charge in [0.05, 0.1) is 22.6 Å². The molecular weight excluding hydrogens is 431 g/mol. The van der Waals surface area contributed by atoms with Crippen molar-refractivity contribution < 1.29 is 23.1 Å². The standard InChI is InChI=1S/C25H28F3N3O2/c26-25(27,28)19-11-17(12-20(32)13-24(33)8-2-1-3-9-24)15-31(16-19)22-7-6-18(14-29)23-21(22)5-4-10-30-23/h4-7,10,17,19,33H,1-3,8-9,11-13,15-16H2. The Morgan fingerprint density at radius 1 is 1.21 bits per heavy atom. The lowest BCUT2D eigenvalue weighted by atomic mass is 9.78. The van der Waals surface area contributed by atoms with Crippen molar-refractivity contribution in [2.45, 2.75) is 63.1 Å².